The second kappa shape index (κ2) is 4.80. The largest absolute Gasteiger partial charge is 0.375 e. The number of nitrogens with zero attached hydrogens (tertiary/aromatic N) is 1. The number of thiazole rings is 1. The lowest BCUT2D eigenvalue weighted by atomic mass is 10.3. The Labute approximate surface area is 96.7 Å². The Bertz CT molecular complexity index is 463. The monoisotopic (exact) mass is 236 g/mol. The summed E-state index contributed by atoms with van der Waals surface area (Å²) in [6.07, 6.45) is 3.95. The molecule has 0 atom stereocenters. The Morgan fingerprint density at radius 3 is 3.12 bits per heavy atom. The molecule has 0 aliphatic rings. The predicted octanol–water partition coefficient (Wildman–Crippen LogP) is 0.912. The number of hydrogen-bond acceptors (Lipinski definition) is 4. The Morgan fingerprint density at radius 2 is 2.50 bits per heavy atom. The number of carbonyl (C=O) groups excluding carboxylic acids is 1. The lowest BCUT2D eigenvalue weighted by Crippen LogP contribution is -2.24. The molecule has 6 heteroatoms. The summed E-state index contributed by atoms with van der Waals surface area (Å²) in [7, 11) is 0. The summed E-state index contributed by atoms with van der Waals surface area (Å²) >= 11 is 1.34. The predicted molar refractivity (Wildman–Crippen MR) is 62.9 cm³/mol. The summed E-state index contributed by atoms with van der Waals surface area (Å²) in [5.41, 5.74) is 7.24. The van der Waals surface area contributed by atoms with Gasteiger partial charge in [0.1, 0.15) is 0 Å². The van der Waals surface area contributed by atoms with Crippen molar-refractivity contribution >= 4 is 22.4 Å². The Hall–Kier alpha value is -1.82. The van der Waals surface area contributed by atoms with Crippen molar-refractivity contribution in [1.29, 1.82) is 0 Å². The van der Waals surface area contributed by atoms with Crippen LogP contribution < -0.4 is 11.1 Å². The van der Waals surface area contributed by atoms with Gasteiger partial charge in [-0.15, -0.1) is 11.3 Å². The van der Waals surface area contributed by atoms with Crippen molar-refractivity contribution in [3.05, 3.63) is 35.1 Å². The molecule has 0 spiro atoms. The van der Waals surface area contributed by atoms with Gasteiger partial charge >= 0.3 is 0 Å². The first-order valence-electron chi connectivity index (χ1n) is 4.82. The summed E-state index contributed by atoms with van der Waals surface area (Å²) in [5.74, 6) is -0.0495. The van der Waals surface area contributed by atoms with Crippen molar-refractivity contribution < 1.29 is 4.79 Å². The standard InChI is InChI=1S/C10H12N4OS/c11-10-14-8(6-16-10)3-9(15)13-5-7-1-2-12-4-7/h1-2,4,6,12H,3,5H2,(H2,11,14)(H,13,15). The van der Waals surface area contributed by atoms with Crippen LogP contribution in [-0.4, -0.2) is 15.9 Å². The van der Waals surface area contributed by atoms with Gasteiger partial charge < -0.3 is 16.0 Å². The molecular formula is C10H12N4OS. The molecule has 0 saturated heterocycles. The van der Waals surface area contributed by atoms with Gasteiger partial charge in [-0.25, -0.2) is 4.98 Å². The van der Waals surface area contributed by atoms with Crippen LogP contribution in [0.15, 0.2) is 23.8 Å². The SMILES string of the molecule is Nc1nc(CC(=O)NCc2cc[nH]c2)cs1. The van der Waals surface area contributed by atoms with Gasteiger partial charge in [-0.05, 0) is 11.6 Å². The van der Waals surface area contributed by atoms with Crippen molar-refractivity contribution in [3.8, 4) is 0 Å². The normalized spacial score (nSPS) is 10.2. The molecule has 0 aromatic carbocycles. The number of aromatic amines is 1. The molecule has 1 amide bonds. The highest BCUT2D eigenvalue weighted by Gasteiger charge is 2.06. The van der Waals surface area contributed by atoms with E-state index in [1.165, 1.54) is 11.3 Å². The van der Waals surface area contributed by atoms with E-state index in [2.05, 4.69) is 15.3 Å². The first-order valence-corrected chi connectivity index (χ1v) is 5.70. The van der Waals surface area contributed by atoms with Crippen LogP contribution in [0.2, 0.25) is 0 Å². The number of aromatic nitrogens is 2. The van der Waals surface area contributed by atoms with E-state index in [-0.39, 0.29) is 12.3 Å². The highest BCUT2D eigenvalue weighted by molar-refractivity contribution is 7.13. The number of H-pyrrole nitrogens is 1. The van der Waals surface area contributed by atoms with Crippen LogP contribution in [0.1, 0.15) is 11.3 Å². The zero-order valence-corrected chi connectivity index (χ0v) is 9.38. The quantitative estimate of drug-likeness (QED) is 0.737. The molecule has 16 heavy (non-hydrogen) atoms. The molecule has 0 radical (unpaired) electrons. The molecule has 0 fully saturated rings. The number of nitrogens with one attached hydrogen (secondary N) is 2. The molecular weight excluding hydrogens is 224 g/mol. The van der Waals surface area contributed by atoms with Crippen molar-refractivity contribution in [2.45, 2.75) is 13.0 Å². The minimum atomic E-state index is -0.0495. The molecule has 2 aromatic rings. The zero-order chi connectivity index (χ0) is 11.4. The van der Waals surface area contributed by atoms with E-state index in [1.54, 1.807) is 5.38 Å². The van der Waals surface area contributed by atoms with E-state index in [1.807, 2.05) is 18.5 Å². The lowest BCUT2D eigenvalue weighted by molar-refractivity contribution is -0.120. The molecule has 0 unspecified atom stereocenters. The van der Waals surface area contributed by atoms with E-state index >= 15 is 0 Å². The third-order valence-electron chi connectivity index (χ3n) is 2.06. The number of anilines is 1. The molecule has 0 bridgehead atoms. The van der Waals surface area contributed by atoms with Gasteiger partial charge in [0.05, 0.1) is 12.1 Å². The van der Waals surface area contributed by atoms with Crippen LogP contribution in [0.25, 0.3) is 0 Å². The number of nitrogens with two attached hydrogens (primary N) is 1. The fourth-order valence-corrected chi connectivity index (χ4v) is 1.86. The molecule has 0 aliphatic heterocycles. The molecule has 2 aromatic heterocycles. The maximum Gasteiger partial charge on any atom is 0.226 e. The van der Waals surface area contributed by atoms with Crippen LogP contribution in [0.3, 0.4) is 0 Å². The maximum atomic E-state index is 11.5. The second-order valence-electron chi connectivity index (χ2n) is 3.35. The molecule has 0 aliphatic carbocycles. The minimum absolute atomic E-state index is 0.0495. The molecule has 2 rings (SSSR count). The Morgan fingerprint density at radius 1 is 1.62 bits per heavy atom. The number of amides is 1. The average molecular weight is 236 g/mol. The summed E-state index contributed by atoms with van der Waals surface area (Å²) in [6, 6.07) is 1.92. The lowest BCUT2D eigenvalue weighted by Gasteiger charge is -2.01. The van der Waals surface area contributed by atoms with Gasteiger partial charge in [0.25, 0.3) is 0 Å². The van der Waals surface area contributed by atoms with E-state index < -0.39 is 0 Å². The molecule has 2 heterocycles. The van der Waals surface area contributed by atoms with Crippen LogP contribution in [0, 0.1) is 0 Å². The summed E-state index contributed by atoms with van der Waals surface area (Å²) in [6.45, 7) is 0.530. The van der Waals surface area contributed by atoms with Crippen molar-refractivity contribution in [2.24, 2.45) is 0 Å². The van der Waals surface area contributed by atoms with Crippen molar-refractivity contribution in [3.63, 3.8) is 0 Å². The van der Waals surface area contributed by atoms with Gasteiger partial charge in [0.2, 0.25) is 5.91 Å². The first kappa shape index (κ1) is 10.7. The smallest absolute Gasteiger partial charge is 0.226 e. The third kappa shape index (κ3) is 2.83. The van der Waals surface area contributed by atoms with Gasteiger partial charge in [0, 0.05) is 24.3 Å². The first-order chi connectivity index (χ1) is 7.74. The highest BCUT2D eigenvalue weighted by Crippen LogP contribution is 2.11. The van der Waals surface area contributed by atoms with Gasteiger partial charge in [-0.2, -0.15) is 0 Å². The second-order valence-corrected chi connectivity index (χ2v) is 4.24. The van der Waals surface area contributed by atoms with Crippen molar-refractivity contribution in [1.82, 2.24) is 15.3 Å². The van der Waals surface area contributed by atoms with Crippen LogP contribution >= 0.6 is 11.3 Å². The van der Waals surface area contributed by atoms with Gasteiger partial charge in [-0.1, -0.05) is 0 Å². The molecule has 84 valence electrons. The van der Waals surface area contributed by atoms with Crippen LogP contribution in [0.4, 0.5) is 5.13 Å². The fraction of sp³-hybridized carbons (Fsp3) is 0.200. The molecule has 0 saturated carbocycles. The molecule has 4 N–H and O–H groups in total. The minimum Gasteiger partial charge on any atom is -0.375 e. The highest BCUT2D eigenvalue weighted by atomic mass is 32.1. The van der Waals surface area contributed by atoms with Crippen LogP contribution in [0.5, 0.6) is 0 Å². The number of rotatable bonds is 4. The third-order valence-corrected chi connectivity index (χ3v) is 2.79. The number of nitrogen functional groups attached to an aromatic ring is 1. The fourth-order valence-electron chi connectivity index (χ4n) is 1.30. The van der Waals surface area contributed by atoms with E-state index in [0.29, 0.717) is 17.4 Å². The average Bonchev–Trinajstić information content (AvgIpc) is 2.87. The summed E-state index contributed by atoms with van der Waals surface area (Å²) in [4.78, 5) is 18.5. The van der Waals surface area contributed by atoms with E-state index in [4.69, 9.17) is 5.73 Å². The summed E-state index contributed by atoms with van der Waals surface area (Å²) < 4.78 is 0. The van der Waals surface area contributed by atoms with Gasteiger partial charge in [-0.3, -0.25) is 4.79 Å². The number of hydrogen-bond donors (Lipinski definition) is 3. The van der Waals surface area contributed by atoms with Crippen LogP contribution in [-0.2, 0) is 17.8 Å². The van der Waals surface area contributed by atoms with E-state index in [9.17, 15) is 4.79 Å². The summed E-state index contributed by atoms with van der Waals surface area (Å²) in [5, 5.41) is 5.10. The van der Waals surface area contributed by atoms with Crippen molar-refractivity contribution in [2.75, 3.05) is 5.73 Å². The zero-order valence-electron chi connectivity index (χ0n) is 8.56. The number of carbonyl (C=O) groups is 1. The Kier molecular flexibility index (Phi) is 3.21. The topological polar surface area (TPSA) is 83.8 Å². The van der Waals surface area contributed by atoms with Gasteiger partial charge in [0.15, 0.2) is 5.13 Å². The van der Waals surface area contributed by atoms with E-state index in [0.717, 1.165) is 5.56 Å². The molecule has 5 nitrogen and oxygen atoms in total. The maximum absolute atomic E-state index is 11.5. The Balaban J connectivity index is 1.81.